The maximum atomic E-state index is 12.5. The molecule has 0 saturated carbocycles. The predicted molar refractivity (Wildman–Crippen MR) is 93.8 cm³/mol. The van der Waals surface area contributed by atoms with Crippen molar-refractivity contribution < 1.29 is 9.59 Å². The molecular weight excluding hydrogens is 288 g/mol. The summed E-state index contributed by atoms with van der Waals surface area (Å²) >= 11 is 0. The predicted octanol–water partition coefficient (Wildman–Crippen LogP) is 4.29. The van der Waals surface area contributed by atoms with Gasteiger partial charge in [-0.2, -0.15) is 0 Å². The zero-order chi connectivity index (χ0) is 16.8. The first-order chi connectivity index (χ1) is 11.0. The summed E-state index contributed by atoms with van der Waals surface area (Å²) in [5.41, 5.74) is 3.89. The van der Waals surface area contributed by atoms with Crippen LogP contribution >= 0.6 is 0 Å². The molecule has 2 rings (SSSR count). The second-order valence-electron chi connectivity index (χ2n) is 5.62. The number of benzene rings is 2. The number of carbonyl (C=O) groups is 2. The summed E-state index contributed by atoms with van der Waals surface area (Å²) in [5, 5.41) is 5.72. The topological polar surface area (TPSA) is 58.2 Å². The Morgan fingerprint density at radius 1 is 0.957 bits per heavy atom. The van der Waals surface area contributed by atoms with Crippen molar-refractivity contribution in [2.75, 3.05) is 10.6 Å². The number of rotatable bonds is 5. The second kappa shape index (κ2) is 7.58. The normalized spacial score (nSPS) is 10.2. The van der Waals surface area contributed by atoms with Crippen molar-refractivity contribution in [2.24, 2.45) is 0 Å². The van der Waals surface area contributed by atoms with Crippen molar-refractivity contribution in [1.82, 2.24) is 0 Å². The molecule has 4 heteroatoms. The van der Waals surface area contributed by atoms with Crippen LogP contribution in [0.5, 0.6) is 0 Å². The van der Waals surface area contributed by atoms with Gasteiger partial charge in [0.15, 0.2) is 0 Å². The van der Waals surface area contributed by atoms with Gasteiger partial charge in [0, 0.05) is 12.0 Å². The Morgan fingerprint density at radius 3 is 2.22 bits per heavy atom. The maximum absolute atomic E-state index is 12.5. The maximum Gasteiger partial charge on any atom is 0.255 e. The van der Waals surface area contributed by atoms with E-state index in [1.165, 1.54) is 0 Å². The van der Waals surface area contributed by atoms with Crippen LogP contribution in [-0.2, 0) is 4.79 Å². The van der Waals surface area contributed by atoms with Crippen LogP contribution < -0.4 is 10.6 Å². The Kier molecular flexibility index (Phi) is 5.52. The first kappa shape index (κ1) is 16.7. The van der Waals surface area contributed by atoms with Gasteiger partial charge in [0.25, 0.3) is 5.91 Å². The Labute approximate surface area is 136 Å². The highest BCUT2D eigenvalue weighted by Gasteiger charge is 2.12. The quantitative estimate of drug-likeness (QED) is 0.865. The van der Waals surface area contributed by atoms with Crippen LogP contribution in [0.1, 0.15) is 41.3 Å². The van der Waals surface area contributed by atoms with E-state index in [1.54, 1.807) is 12.1 Å². The number of aryl methyl sites for hydroxylation is 2. The van der Waals surface area contributed by atoms with Gasteiger partial charge in [-0.05, 0) is 44.0 Å². The molecule has 0 aliphatic heterocycles. The van der Waals surface area contributed by atoms with Crippen LogP contribution in [0, 0.1) is 13.8 Å². The third kappa shape index (κ3) is 4.42. The molecule has 0 fully saturated rings. The van der Waals surface area contributed by atoms with Crippen molar-refractivity contribution in [1.29, 1.82) is 0 Å². The van der Waals surface area contributed by atoms with E-state index in [1.807, 2.05) is 51.1 Å². The standard InChI is InChI=1S/C19H22N2O2/c1-4-7-18(22)20-16-8-5-6-9-17(16)21-19(23)15-11-10-13(2)12-14(15)3/h5-6,8-12H,4,7H2,1-3H3,(H,20,22)(H,21,23). The first-order valence-corrected chi connectivity index (χ1v) is 7.78. The molecule has 2 aromatic carbocycles. The minimum absolute atomic E-state index is 0.0549. The van der Waals surface area contributed by atoms with Gasteiger partial charge in [-0.1, -0.05) is 36.8 Å². The Balaban J connectivity index is 2.19. The third-order valence-electron chi connectivity index (χ3n) is 3.55. The fraction of sp³-hybridized carbons (Fsp3) is 0.263. The molecule has 120 valence electrons. The van der Waals surface area contributed by atoms with Crippen molar-refractivity contribution >= 4 is 23.2 Å². The summed E-state index contributed by atoms with van der Waals surface area (Å²) in [7, 11) is 0. The van der Waals surface area contributed by atoms with E-state index < -0.39 is 0 Å². The molecule has 2 N–H and O–H groups in total. The van der Waals surface area contributed by atoms with Crippen molar-refractivity contribution in [2.45, 2.75) is 33.6 Å². The second-order valence-corrected chi connectivity index (χ2v) is 5.62. The summed E-state index contributed by atoms with van der Waals surface area (Å²) in [4.78, 5) is 24.3. The number of hydrogen-bond acceptors (Lipinski definition) is 2. The van der Waals surface area contributed by atoms with Crippen molar-refractivity contribution in [3.8, 4) is 0 Å². The number of carbonyl (C=O) groups excluding carboxylic acids is 2. The third-order valence-corrected chi connectivity index (χ3v) is 3.55. The van der Waals surface area contributed by atoms with E-state index in [0.717, 1.165) is 17.5 Å². The molecule has 0 atom stereocenters. The first-order valence-electron chi connectivity index (χ1n) is 7.78. The van der Waals surface area contributed by atoms with Gasteiger partial charge in [0.2, 0.25) is 5.91 Å². The van der Waals surface area contributed by atoms with Crippen LogP contribution in [0.15, 0.2) is 42.5 Å². The van der Waals surface area contributed by atoms with Gasteiger partial charge in [0.05, 0.1) is 11.4 Å². The highest BCUT2D eigenvalue weighted by Crippen LogP contribution is 2.23. The highest BCUT2D eigenvalue weighted by atomic mass is 16.2. The van der Waals surface area contributed by atoms with E-state index in [4.69, 9.17) is 0 Å². The van der Waals surface area contributed by atoms with E-state index in [0.29, 0.717) is 23.4 Å². The lowest BCUT2D eigenvalue weighted by Crippen LogP contribution is -2.17. The minimum atomic E-state index is -0.181. The van der Waals surface area contributed by atoms with Gasteiger partial charge < -0.3 is 10.6 Å². The van der Waals surface area contributed by atoms with Crippen molar-refractivity contribution in [3.05, 3.63) is 59.2 Å². The molecule has 0 bridgehead atoms. The molecule has 0 saturated heterocycles. The molecule has 0 spiro atoms. The van der Waals surface area contributed by atoms with E-state index in [9.17, 15) is 9.59 Å². The van der Waals surface area contributed by atoms with Gasteiger partial charge in [-0.3, -0.25) is 9.59 Å². The highest BCUT2D eigenvalue weighted by molar-refractivity contribution is 6.08. The van der Waals surface area contributed by atoms with Crippen LogP contribution in [-0.4, -0.2) is 11.8 Å². The molecule has 4 nitrogen and oxygen atoms in total. The zero-order valence-corrected chi connectivity index (χ0v) is 13.8. The SMILES string of the molecule is CCCC(=O)Nc1ccccc1NC(=O)c1ccc(C)cc1C. The molecule has 2 aromatic rings. The molecular formula is C19H22N2O2. The van der Waals surface area contributed by atoms with Crippen LogP contribution in [0.4, 0.5) is 11.4 Å². The van der Waals surface area contributed by atoms with Crippen LogP contribution in [0.3, 0.4) is 0 Å². The smallest absolute Gasteiger partial charge is 0.255 e. The summed E-state index contributed by atoms with van der Waals surface area (Å²) in [5.74, 6) is -0.236. The fourth-order valence-corrected chi connectivity index (χ4v) is 2.40. The molecule has 0 aliphatic rings. The average molecular weight is 310 g/mol. The molecule has 0 aliphatic carbocycles. The minimum Gasteiger partial charge on any atom is -0.324 e. The van der Waals surface area contributed by atoms with Gasteiger partial charge >= 0.3 is 0 Å². The number of nitrogens with one attached hydrogen (secondary N) is 2. The lowest BCUT2D eigenvalue weighted by atomic mass is 10.1. The summed E-state index contributed by atoms with van der Waals surface area (Å²) in [6.45, 7) is 5.86. The number of amides is 2. The van der Waals surface area contributed by atoms with E-state index in [-0.39, 0.29) is 11.8 Å². The lowest BCUT2D eigenvalue weighted by molar-refractivity contribution is -0.116. The molecule has 0 radical (unpaired) electrons. The van der Waals surface area contributed by atoms with Gasteiger partial charge in [-0.15, -0.1) is 0 Å². The Morgan fingerprint density at radius 2 is 1.61 bits per heavy atom. The molecule has 0 heterocycles. The van der Waals surface area contributed by atoms with Gasteiger partial charge in [0.1, 0.15) is 0 Å². The molecule has 0 aromatic heterocycles. The van der Waals surface area contributed by atoms with Gasteiger partial charge in [-0.25, -0.2) is 0 Å². The van der Waals surface area contributed by atoms with E-state index in [2.05, 4.69) is 10.6 Å². The number of para-hydroxylation sites is 2. The monoisotopic (exact) mass is 310 g/mol. The zero-order valence-electron chi connectivity index (χ0n) is 13.8. The summed E-state index contributed by atoms with van der Waals surface area (Å²) in [6.07, 6.45) is 1.24. The van der Waals surface area contributed by atoms with E-state index >= 15 is 0 Å². The Hall–Kier alpha value is -2.62. The summed E-state index contributed by atoms with van der Waals surface area (Å²) in [6, 6.07) is 12.9. The van der Waals surface area contributed by atoms with Crippen molar-refractivity contribution in [3.63, 3.8) is 0 Å². The summed E-state index contributed by atoms with van der Waals surface area (Å²) < 4.78 is 0. The number of anilines is 2. The van der Waals surface area contributed by atoms with Crippen LogP contribution in [0.2, 0.25) is 0 Å². The Bertz CT molecular complexity index is 723. The average Bonchev–Trinajstić information content (AvgIpc) is 2.49. The molecule has 23 heavy (non-hydrogen) atoms. The molecule has 2 amide bonds. The fourth-order valence-electron chi connectivity index (χ4n) is 2.40. The number of hydrogen-bond donors (Lipinski definition) is 2. The molecule has 0 unspecified atom stereocenters. The van der Waals surface area contributed by atoms with Crippen LogP contribution in [0.25, 0.3) is 0 Å². The largest absolute Gasteiger partial charge is 0.324 e. The lowest BCUT2D eigenvalue weighted by Gasteiger charge is -2.13.